The van der Waals surface area contributed by atoms with Crippen LogP contribution in [-0.2, 0) is 11.8 Å². The Hall–Kier alpha value is -3.75. The molecular weight excluding hydrogens is 358 g/mol. The molecule has 142 valence electrons. The highest BCUT2D eigenvalue weighted by Gasteiger charge is 2.18. The minimum Gasteiger partial charge on any atom is -0.360 e. The van der Waals surface area contributed by atoms with Crippen molar-refractivity contribution in [3.63, 3.8) is 0 Å². The molecule has 3 aromatic rings. The topological polar surface area (TPSA) is 105 Å². The van der Waals surface area contributed by atoms with Crippen LogP contribution < -0.4 is 15.5 Å². The van der Waals surface area contributed by atoms with Gasteiger partial charge in [0.2, 0.25) is 5.91 Å². The number of anilines is 2. The van der Waals surface area contributed by atoms with Crippen molar-refractivity contribution in [3.05, 3.63) is 54.6 Å². The van der Waals surface area contributed by atoms with Crippen molar-refractivity contribution in [1.29, 1.82) is 0 Å². The molecule has 1 aromatic carbocycles. The molecule has 0 atom stereocenters. The van der Waals surface area contributed by atoms with Crippen molar-refractivity contribution in [2.45, 2.75) is 0 Å². The van der Waals surface area contributed by atoms with Crippen LogP contribution in [0.3, 0.4) is 0 Å². The van der Waals surface area contributed by atoms with Gasteiger partial charge in [-0.05, 0) is 24.3 Å². The van der Waals surface area contributed by atoms with Crippen molar-refractivity contribution in [3.8, 4) is 11.4 Å². The van der Waals surface area contributed by atoms with Gasteiger partial charge in [-0.3, -0.25) is 14.6 Å². The molecule has 3 heterocycles. The van der Waals surface area contributed by atoms with Crippen LogP contribution in [-0.4, -0.2) is 51.2 Å². The minimum atomic E-state index is -0.321. The molecule has 1 aliphatic rings. The van der Waals surface area contributed by atoms with Gasteiger partial charge in [0.25, 0.3) is 5.91 Å². The fraction of sp³-hybridized carbons (Fsp3) is 0.211. The Morgan fingerprint density at radius 2 is 2.14 bits per heavy atom. The first-order valence-corrected chi connectivity index (χ1v) is 8.83. The van der Waals surface area contributed by atoms with Crippen LogP contribution in [0.5, 0.6) is 0 Å². The minimum absolute atomic E-state index is 0.0327. The number of carbonyl (C=O) groups is 2. The number of aryl methyl sites for hydroxylation is 1. The van der Waals surface area contributed by atoms with Gasteiger partial charge in [-0.25, -0.2) is 0 Å². The lowest BCUT2D eigenvalue weighted by Gasteiger charge is -2.28. The van der Waals surface area contributed by atoms with Crippen molar-refractivity contribution in [2.75, 3.05) is 29.9 Å². The number of hydrogen-bond acceptors (Lipinski definition) is 6. The molecule has 0 radical (unpaired) electrons. The number of carbonyl (C=O) groups excluding carboxylic acids is 2. The Morgan fingerprint density at radius 3 is 2.93 bits per heavy atom. The summed E-state index contributed by atoms with van der Waals surface area (Å²) in [5.74, 6) is 0.354. The van der Waals surface area contributed by atoms with Crippen molar-refractivity contribution in [1.82, 2.24) is 25.1 Å². The van der Waals surface area contributed by atoms with E-state index in [0.717, 1.165) is 11.3 Å². The van der Waals surface area contributed by atoms with Gasteiger partial charge in [0, 0.05) is 43.3 Å². The van der Waals surface area contributed by atoms with E-state index in [0.29, 0.717) is 24.6 Å². The fourth-order valence-corrected chi connectivity index (χ4v) is 3.07. The lowest BCUT2D eigenvalue weighted by Crippen LogP contribution is -2.47. The Balaban J connectivity index is 1.52. The zero-order valence-corrected chi connectivity index (χ0v) is 15.3. The summed E-state index contributed by atoms with van der Waals surface area (Å²) < 4.78 is 1.81. The monoisotopic (exact) mass is 377 g/mol. The summed E-state index contributed by atoms with van der Waals surface area (Å²) in [5, 5.41) is 13.6. The summed E-state index contributed by atoms with van der Waals surface area (Å²) >= 11 is 0. The molecule has 0 aliphatic carbocycles. The lowest BCUT2D eigenvalue weighted by molar-refractivity contribution is -0.120. The average Bonchev–Trinajstić information content (AvgIpc) is 3.14. The molecule has 1 aliphatic heterocycles. The average molecular weight is 377 g/mol. The summed E-state index contributed by atoms with van der Waals surface area (Å²) in [6.07, 6.45) is 3.20. The van der Waals surface area contributed by atoms with E-state index in [9.17, 15) is 9.59 Å². The summed E-state index contributed by atoms with van der Waals surface area (Å²) in [6, 6.07) is 10.9. The third-order valence-electron chi connectivity index (χ3n) is 4.47. The van der Waals surface area contributed by atoms with Gasteiger partial charge in [-0.2, -0.15) is 0 Å². The standard InChI is InChI=1S/C19H19N7O2/c1-25-12-22-24-18(25)13-3-2-4-14(9-13)23-19(28)16-10-15(5-6-20-16)26-8-7-21-17(27)11-26/h2-6,9-10,12H,7-8,11H2,1H3,(H,21,27)(H,23,28). The maximum absolute atomic E-state index is 12.7. The smallest absolute Gasteiger partial charge is 0.274 e. The van der Waals surface area contributed by atoms with Crippen LogP contribution in [0.4, 0.5) is 11.4 Å². The number of pyridine rings is 1. The number of piperazine rings is 1. The van der Waals surface area contributed by atoms with E-state index in [-0.39, 0.29) is 24.1 Å². The number of nitrogens with zero attached hydrogens (tertiary/aromatic N) is 5. The van der Waals surface area contributed by atoms with E-state index in [1.54, 1.807) is 35.3 Å². The zero-order valence-electron chi connectivity index (χ0n) is 15.3. The van der Waals surface area contributed by atoms with Crippen LogP contribution in [0.25, 0.3) is 11.4 Å². The quantitative estimate of drug-likeness (QED) is 0.705. The van der Waals surface area contributed by atoms with Gasteiger partial charge in [0.15, 0.2) is 5.82 Å². The summed E-state index contributed by atoms with van der Waals surface area (Å²) in [4.78, 5) is 30.4. The molecular formula is C19H19N7O2. The van der Waals surface area contributed by atoms with Gasteiger partial charge >= 0.3 is 0 Å². The maximum atomic E-state index is 12.7. The van der Waals surface area contributed by atoms with Crippen LogP contribution in [0.2, 0.25) is 0 Å². The molecule has 9 heteroatoms. The first-order valence-electron chi connectivity index (χ1n) is 8.83. The SMILES string of the molecule is Cn1cnnc1-c1cccc(NC(=O)c2cc(N3CCNC(=O)C3)ccn2)c1. The van der Waals surface area contributed by atoms with Crippen LogP contribution in [0.1, 0.15) is 10.5 Å². The third-order valence-corrected chi connectivity index (χ3v) is 4.47. The zero-order chi connectivity index (χ0) is 19.5. The number of aromatic nitrogens is 4. The molecule has 0 spiro atoms. The van der Waals surface area contributed by atoms with Gasteiger partial charge in [-0.1, -0.05) is 12.1 Å². The largest absolute Gasteiger partial charge is 0.360 e. The van der Waals surface area contributed by atoms with E-state index in [1.165, 1.54) is 0 Å². The number of hydrogen-bond donors (Lipinski definition) is 2. The highest BCUT2D eigenvalue weighted by molar-refractivity contribution is 6.03. The second kappa shape index (κ2) is 7.47. The van der Waals surface area contributed by atoms with E-state index < -0.39 is 0 Å². The van der Waals surface area contributed by atoms with Crippen LogP contribution in [0, 0.1) is 0 Å². The van der Waals surface area contributed by atoms with Gasteiger partial charge in [0.05, 0.1) is 6.54 Å². The van der Waals surface area contributed by atoms with Crippen molar-refractivity contribution < 1.29 is 9.59 Å². The first kappa shape index (κ1) is 17.7. The van der Waals surface area contributed by atoms with E-state index in [4.69, 9.17) is 0 Å². The highest BCUT2D eigenvalue weighted by Crippen LogP contribution is 2.21. The second-order valence-electron chi connectivity index (χ2n) is 6.47. The molecule has 2 amide bonds. The molecule has 0 saturated carbocycles. The van der Waals surface area contributed by atoms with Crippen molar-refractivity contribution in [2.24, 2.45) is 7.05 Å². The van der Waals surface area contributed by atoms with Crippen LogP contribution >= 0.6 is 0 Å². The first-order chi connectivity index (χ1) is 13.6. The maximum Gasteiger partial charge on any atom is 0.274 e. The molecule has 1 fully saturated rings. The normalized spacial score (nSPS) is 13.9. The third kappa shape index (κ3) is 3.68. The van der Waals surface area contributed by atoms with Gasteiger partial charge in [0.1, 0.15) is 12.0 Å². The highest BCUT2D eigenvalue weighted by atomic mass is 16.2. The van der Waals surface area contributed by atoms with E-state index >= 15 is 0 Å². The summed E-state index contributed by atoms with van der Waals surface area (Å²) in [7, 11) is 1.86. The number of nitrogens with one attached hydrogen (secondary N) is 2. The molecule has 28 heavy (non-hydrogen) atoms. The molecule has 2 N–H and O–H groups in total. The Labute approximate surface area is 161 Å². The van der Waals surface area contributed by atoms with Gasteiger partial charge in [-0.15, -0.1) is 10.2 Å². The second-order valence-corrected chi connectivity index (χ2v) is 6.47. The molecule has 2 aromatic heterocycles. The number of benzene rings is 1. The Kier molecular flexibility index (Phi) is 4.71. The number of rotatable bonds is 4. The summed E-state index contributed by atoms with van der Waals surface area (Å²) in [6.45, 7) is 1.54. The molecule has 4 rings (SSSR count). The Bertz CT molecular complexity index is 1030. The lowest BCUT2D eigenvalue weighted by atomic mass is 10.2. The number of amides is 2. The van der Waals surface area contributed by atoms with E-state index in [2.05, 4.69) is 25.8 Å². The molecule has 1 saturated heterocycles. The van der Waals surface area contributed by atoms with Gasteiger partial charge < -0.3 is 20.1 Å². The molecule has 0 bridgehead atoms. The molecule has 9 nitrogen and oxygen atoms in total. The van der Waals surface area contributed by atoms with E-state index in [1.807, 2.05) is 30.1 Å². The summed E-state index contributed by atoms with van der Waals surface area (Å²) in [5.41, 5.74) is 2.56. The van der Waals surface area contributed by atoms with Crippen molar-refractivity contribution >= 4 is 23.2 Å². The predicted octanol–water partition coefficient (Wildman–Crippen LogP) is 1.07. The van der Waals surface area contributed by atoms with Crippen LogP contribution in [0.15, 0.2) is 48.9 Å². The molecule has 0 unspecified atom stereocenters. The fourth-order valence-electron chi connectivity index (χ4n) is 3.07. The predicted molar refractivity (Wildman–Crippen MR) is 104 cm³/mol. The Morgan fingerprint density at radius 1 is 1.25 bits per heavy atom.